The quantitative estimate of drug-likeness (QED) is 0.864. The zero-order valence-corrected chi connectivity index (χ0v) is 12.8. The van der Waals surface area contributed by atoms with E-state index in [0.29, 0.717) is 17.1 Å². The highest BCUT2D eigenvalue weighted by Gasteiger charge is 2.28. The molecule has 3 rings (SSSR count). The Hall–Kier alpha value is -2.08. The summed E-state index contributed by atoms with van der Waals surface area (Å²) in [6.07, 6.45) is 2.58. The van der Waals surface area contributed by atoms with Gasteiger partial charge in [0.25, 0.3) is 0 Å². The van der Waals surface area contributed by atoms with Crippen molar-refractivity contribution in [3.63, 3.8) is 0 Å². The highest BCUT2D eigenvalue weighted by molar-refractivity contribution is 7.10. The van der Waals surface area contributed by atoms with Gasteiger partial charge in [-0.05, 0) is 36.4 Å². The molecule has 2 N–H and O–H groups in total. The highest BCUT2D eigenvalue weighted by Crippen LogP contribution is 2.37. The summed E-state index contributed by atoms with van der Waals surface area (Å²) in [6, 6.07) is 3.94. The van der Waals surface area contributed by atoms with Gasteiger partial charge in [-0.2, -0.15) is 0 Å². The summed E-state index contributed by atoms with van der Waals surface area (Å²) < 4.78 is 4.77. The molecule has 0 spiro atoms. The van der Waals surface area contributed by atoms with Crippen LogP contribution in [0.25, 0.3) is 0 Å². The predicted octanol–water partition coefficient (Wildman–Crippen LogP) is 2.64. The third kappa shape index (κ3) is 2.25. The Morgan fingerprint density at radius 3 is 3.10 bits per heavy atom. The van der Waals surface area contributed by atoms with E-state index < -0.39 is 5.97 Å². The predicted molar refractivity (Wildman–Crippen MR) is 83.8 cm³/mol. The van der Waals surface area contributed by atoms with E-state index in [1.54, 1.807) is 23.6 Å². The van der Waals surface area contributed by atoms with Gasteiger partial charge >= 0.3 is 5.97 Å². The molecule has 0 saturated heterocycles. The first kappa shape index (κ1) is 13.9. The number of carbonyl (C=O) groups is 1. The number of ether oxygens (including phenoxy) is 1. The van der Waals surface area contributed by atoms with Gasteiger partial charge in [0, 0.05) is 17.6 Å². The van der Waals surface area contributed by atoms with Crippen LogP contribution < -0.4 is 10.6 Å². The van der Waals surface area contributed by atoms with E-state index in [1.165, 1.54) is 17.6 Å². The number of carbonyl (C=O) groups excluding carboxylic acids is 1. The molecule has 6 heteroatoms. The van der Waals surface area contributed by atoms with Crippen LogP contribution in [-0.4, -0.2) is 24.6 Å². The van der Waals surface area contributed by atoms with Gasteiger partial charge in [0.15, 0.2) is 5.82 Å². The second-order valence-electron chi connectivity index (χ2n) is 5.01. The van der Waals surface area contributed by atoms with Crippen molar-refractivity contribution >= 4 is 28.8 Å². The largest absolute Gasteiger partial charge is 0.465 e. The van der Waals surface area contributed by atoms with Gasteiger partial charge in [-0.15, -0.1) is 11.3 Å². The second kappa shape index (κ2) is 5.37. The van der Waals surface area contributed by atoms with Crippen LogP contribution in [0.2, 0.25) is 0 Å². The lowest BCUT2D eigenvalue weighted by Crippen LogP contribution is -2.34. The van der Waals surface area contributed by atoms with E-state index >= 15 is 0 Å². The standard InChI is InChI=1S/C15H17N3O2S/c1-9-10-5-8-21-12(10)4-7-18(9)14-13(16)11(3-6-17-14)15(19)20-2/h3,5-6,8-9H,4,7,16H2,1-2H3. The molecule has 0 saturated carbocycles. The van der Waals surface area contributed by atoms with Gasteiger partial charge in [-0.25, -0.2) is 9.78 Å². The number of pyridine rings is 1. The average Bonchev–Trinajstić information content (AvgIpc) is 2.97. The lowest BCUT2D eigenvalue weighted by molar-refractivity contribution is 0.0602. The molecule has 1 aliphatic rings. The van der Waals surface area contributed by atoms with E-state index in [4.69, 9.17) is 10.5 Å². The Bertz CT molecular complexity index is 683. The van der Waals surface area contributed by atoms with Gasteiger partial charge in [-0.3, -0.25) is 0 Å². The number of anilines is 2. The molecule has 0 aromatic carbocycles. The molecule has 0 amide bonds. The third-order valence-electron chi connectivity index (χ3n) is 3.92. The number of rotatable bonds is 2. The number of hydrogen-bond donors (Lipinski definition) is 1. The number of esters is 1. The van der Waals surface area contributed by atoms with Gasteiger partial charge < -0.3 is 15.4 Å². The maximum absolute atomic E-state index is 11.8. The highest BCUT2D eigenvalue weighted by atomic mass is 32.1. The molecule has 1 aliphatic heterocycles. The summed E-state index contributed by atoms with van der Waals surface area (Å²) in [5.74, 6) is 0.222. The lowest BCUT2D eigenvalue weighted by atomic mass is 10.0. The third-order valence-corrected chi connectivity index (χ3v) is 4.92. The Balaban J connectivity index is 2.00. The van der Waals surface area contributed by atoms with Crippen LogP contribution in [-0.2, 0) is 11.2 Å². The Kier molecular flexibility index (Phi) is 3.55. The normalized spacial score (nSPS) is 17.4. The first-order valence-corrected chi connectivity index (χ1v) is 7.67. The molecular weight excluding hydrogens is 286 g/mol. The van der Waals surface area contributed by atoms with Gasteiger partial charge in [-0.1, -0.05) is 0 Å². The Morgan fingerprint density at radius 1 is 1.52 bits per heavy atom. The van der Waals surface area contributed by atoms with Crippen molar-refractivity contribution in [2.75, 3.05) is 24.3 Å². The van der Waals surface area contributed by atoms with Crippen LogP contribution >= 0.6 is 11.3 Å². The Labute approximate surface area is 127 Å². The average molecular weight is 303 g/mol. The van der Waals surface area contributed by atoms with E-state index in [9.17, 15) is 4.79 Å². The number of fused-ring (bicyclic) bond motifs is 1. The minimum Gasteiger partial charge on any atom is -0.465 e. The van der Waals surface area contributed by atoms with E-state index in [1.807, 2.05) is 0 Å². The summed E-state index contributed by atoms with van der Waals surface area (Å²) in [5, 5.41) is 2.12. The van der Waals surface area contributed by atoms with Crippen molar-refractivity contribution in [3.05, 3.63) is 39.7 Å². The fourth-order valence-electron chi connectivity index (χ4n) is 2.78. The van der Waals surface area contributed by atoms with Gasteiger partial charge in [0.2, 0.25) is 0 Å². The molecule has 2 aromatic heterocycles. The Morgan fingerprint density at radius 2 is 2.33 bits per heavy atom. The lowest BCUT2D eigenvalue weighted by Gasteiger charge is -2.35. The molecule has 21 heavy (non-hydrogen) atoms. The van der Waals surface area contributed by atoms with Crippen molar-refractivity contribution in [1.82, 2.24) is 4.98 Å². The second-order valence-corrected chi connectivity index (χ2v) is 6.01. The molecule has 3 heterocycles. The minimum absolute atomic E-state index is 0.197. The molecule has 110 valence electrons. The topological polar surface area (TPSA) is 68.5 Å². The van der Waals surface area contributed by atoms with Crippen LogP contribution in [0.4, 0.5) is 11.5 Å². The number of thiophene rings is 1. The monoisotopic (exact) mass is 303 g/mol. The maximum atomic E-state index is 11.8. The minimum atomic E-state index is -0.433. The maximum Gasteiger partial charge on any atom is 0.340 e. The SMILES string of the molecule is COC(=O)c1ccnc(N2CCc3sccc3C2C)c1N. The number of hydrogen-bond acceptors (Lipinski definition) is 6. The first-order valence-electron chi connectivity index (χ1n) is 6.79. The molecular formula is C15H17N3O2S. The number of nitrogens with zero attached hydrogens (tertiary/aromatic N) is 2. The molecule has 2 aromatic rings. The summed E-state index contributed by atoms with van der Waals surface area (Å²) in [7, 11) is 1.35. The van der Waals surface area contributed by atoms with Crippen LogP contribution in [0.1, 0.15) is 33.8 Å². The van der Waals surface area contributed by atoms with E-state index in [0.717, 1.165) is 13.0 Å². The number of methoxy groups -OCH3 is 1. The molecule has 1 atom stereocenters. The molecule has 0 fully saturated rings. The summed E-state index contributed by atoms with van der Waals surface area (Å²) >= 11 is 1.79. The zero-order chi connectivity index (χ0) is 15.0. The van der Waals surface area contributed by atoms with Crippen molar-refractivity contribution in [3.8, 4) is 0 Å². The number of nitrogens with two attached hydrogens (primary N) is 1. The summed E-state index contributed by atoms with van der Waals surface area (Å²) in [4.78, 5) is 19.7. The van der Waals surface area contributed by atoms with E-state index in [2.05, 4.69) is 28.3 Å². The van der Waals surface area contributed by atoms with Crippen molar-refractivity contribution in [2.45, 2.75) is 19.4 Å². The fourth-order valence-corrected chi connectivity index (χ4v) is 3.74. The number of nitrogen functional groups attached to an aromatic ring is 1. The molecule has 0 aliphatic carbocycles. The zero-order valence-electron chi connectivity index (χ0n) is 12.0. The van der Waals surface area contributed by atoms with E-state index in [-0.39, 0.29) is 6.04 Å². The van der Waals surface area contributed by atoms with Crippen LogP contribution in [0.3, 0.4) is 0 Å². The summed E-state index contributed by atoms with van der Waals surface area (Å²) in [5.41, 5.74) is 8.21. The molecule has 1 unspecified atom stereocenters. The molecule has 0 bridgehead atoms. The molecule has 0 radical (unpaired) electrons. The van der Waals surface area contributed by atoms with Crippen molar-refractivity contribution < 1.29 is 9.53 Å². The van der Waals surface area contributed by atoms with Crippen molar-refractivity contribution in [2.24, 2.45) is 0 Å². The van der Waals surface area contributed by atoms with Crippen LogP contribution in [0.15, 0.2) is 23.7 Å². The van der Waals surface area contributed by atoms with Crippen LogP contribution in [0.5, 0.6) is 0 Å². The number of aromatic nitrogens is 1. The fraction of sp³-hybridized carbons (Fsp3) is 0.333. The van der Waals surface area contributed by atoms with Crippen LogP contribution in [0, 0.1) is 0 Å². The van der Waals surface area contributed by atoms with Gasteiger partial charge in [0.1, 0.15) is 0 Å². The van der Waals surface area contributed by atoms with Gasteiger partial charge in [0.05, 0.1) is 24.4 Å². The smallest absolute Gasteiger partial charge is 0.340 e. The van der Waals surface area contributed by atoms with Crippen molar-refractivity contribution in [1.29, 1.82) is 0 Å². The summed E-state index contributed by atoms with van der Waals surface area (Å²) in [6.45, 7) is 2.98. The first-order chi connectivity index (χ1) is 10.1. The molecule has 5 nitrogen and oxygen atoms in total.